The first-order chi connectivity index (χ1) is 7.67. The van der Waals surface area contributed by atoms with Crippen molar-refractivity contribution in [2.45, 2.75) is 12.5 Å². The van der Waals surface area contributed by atoms with Crippen molar-refractivity contribution in [2.24, 2.45) is 5.73 Å². The maximum atomic E-state index is 11.5. The van der Waals surface area contributed by atoms with Crippen LogP contribution in [0.3, 0.4) is 0 Å². The van der Waals surface area contributed by atoms with E-state index in [4.69, 9.17) is 5.73 Å². The molecule has 7 heteroatoms. The fraction of sp³-hybridized carbons (Fsp3) is 0.444. The summed E-state index contributed by atoms with van der Waals surface area (Å²) in [6, 6.07) is -0.638. The minimum Gasteiger partial charge on any atom is -0.357 e. The van der Waals surface area contributed by atoms with Crippen LogP contribution in [-0.4, -0.2) is 41.4 Å². The summed E-state index contributed by atoms with van der Waals surface area (Å²) in [6.45, 7) is -0.142. The molecular formula is C9H15N5O2. The zero-order valence-electron chi connectivity index (χ0n) is 8.99. The lowest BCUT2D eigenvalue weighted by atomic mass is 10.1. The zero-order chi connectivity index (χ0) is 12.0. The molecule has 1 heterocycles. The lowest BCUT2D eigenvalue weighted by molar-refractivity contribution is -0.128. The number of carbonyl (C=O) groups is 2. The number of hydrogen-bond donors (Lipinski definition) is 4. The van der Waals surface area contributed by atoms with Crippen molar-refractivity contribution in [3.05, 3.63) is 18.2 Å². The molecule has 1 atom stereocenters. The molecular weight excluding hydrogens is 210 g/mol. The van der Waals surface area contributed by atoms with Crippen LogP contribution < -0.4 is 16.4 Å². The molecule has 0 spiro atoms. The number of amides is 2. The third-order valence-electron chi connectivity index (χ3n) is 2.06. The van der Waals surface area contributed by atoms with Crippen LogP contribution in [-0.2, 0) is 16.0 Å². The van der Waals surface area contributed by atoms with Crippen LogP contribution in [0.1, 0.15) is 5.69 Å². The van der Waals surface area contributed by atoms with Gasteiger partial charge >= 0.3 is 0 Å². The van der Waals surface area contributed by atoms with Gasteiger partial charge in [-0.25, -0.2) is 4.98 Å². The number of H-pyrrole nitrogens is 1. The SMILES string of the molecule is CNC(=O)[C@H](Cc1cnc[nH]1)NC(=O)CN. The van der Waals surface area contributed by atoms with E-state index < -0.39 is 6.04 Å². The lowest BCUT2D eigenvalue weighted by Gasteiger charge is -2.15. The Balaban J connectivity index is 2.64. The molecule has 0 aliphatic rings. The second kappa shape index (κ2) is 5.86. The van der Waals surface area contributed by atoms with Gasteiger partial charge in [-0.3, -0.25) is 9.59 Å². The fourth-order valence-electron chi connectivity index (χ4n) is 1.25. The number of hydrogen-bond acceptors (Lipinski definition) is 4. The minimum atomic E-state index is -0.638. The Hall–Kier alpha value is -1.89. The first-order valence-electron chi connectivity index (χ1n) is 4.85. The van der Waals surface area contributed by atoms with Gasteiger partial charge in [0.1, 0.15) is 6.04 Å². The first-order valence-corrected chi connectivity index (χ1v) is 4.85. The van der Waals surface area contributed by atoms with Crippen molar-refractivity contribution in [3.63, 3.8) is 0 Å². The molecule has 88 valence electrons. The third-order valence-corrected chi connectivity index (χ3v) is 2.06. The van der Waals surface area contributed by atoms with Gasteiger partial charge in [-0.1, -0.05) is 0 Å². The van der Waals surface area contributed by atoms with Gasteiger partial charge in [0.05, 0.1) is 12.9 Å². The number of imidazole rings is 1. The number of nitrogens with one attached hydrogen (secondary N) is 3. The topological polar surface area (TPSA) is 113 Å². The van der Waals surface area contributed by atoms with Crippen molar-refractivity contribution >= 4 is 11.8 Å². The number of rotatable bonds is 5. The normalized spacial score (nSPS) is 11.9. The van der Waals surface area contributed by atoms with Crippen LogP contribution in [0.25, 0.3) is 0 Å². The average Bonchev–Trinajstić information content (AvgIpc) is 2.79. The zero-order valence-corrected chi connectivity index (χ0v) is 8.99. The first kappa shape index (κ1) is 12.2. The molecule has 1 aromatic heterocycles. The third kappa shape index (κ3) is 3.35. The smallest absolute Gasteiger partial charge is 0.242 e. The Labute approximate surface area is 92.8 Å². The summed E-state index contributed by atoms with van der Waals surface area (Å²) < 4.78 is 0. The van der Waals surface area contributed by atoms with E-state index in [0.717, 1.165) is 5.69 Å². The molecule has 0 aliphatic heterocycles. The van der Waals surface area contributed by atoms with Gasteiger partial charge in [0.2, 0.25) is 11.8 Å². The minimum absolute atomic E-state index is 0.142. The van der Waals surface area contributed by atoms with E-state index in [1.54, 1.807) is 6.20 Å². The Morgan fingerprint density at radius 1 is 1.62 bits per heavy atom. The quantitative estimate of drug-likeness (QED) is 0.470. The summed E-state index contributed by atoms with van der Waals surface area (Å²) in [5.41, 5.74) is 5.94. The molecule has 0 unspecified atom stereocenters. The van der Waals surface area contributed by atoms with Crippen molar-refractivity contribution in [1.29, 1.82) is 0 Å². The van der Waals surface area contributed by atoms with Crippen LogP contribution >= 0.6 is 0 Å². The molecule has 0 saturated carbocycles. The monoisotopic (exact) mass is 225 g/mol. The number of aromatic nitrogens is 2. The van der Waals surface area contributed by atoms with Gasteiger partial charge in [0, 0.05) is 25.4 Å². The molecule has 2 amide bonds. The Bertz CT molecular complexity index is 349. The predicted octanol–water partition coefficient (Wildman–Crippen LogP) is -1.86. The molecule has 0 aromatic carbocycles. The highest BCUT2D eigenvalue weighted by Gasteiger charge is 2.19. The summed E-state index contributed by atoms with van der Waals surface area (Å²) in [5, 5.41) is 5.01. The average molecular weight is 225 g/mol. The van der Waals surface area contributed by atoms with Crippen molar-refractivity contribution in [1.82, 2.24) is 20.6 Å². The second-order valence-corrected chi connectivity index (χ2v) is 3.22. The molecule has 5 N–H and O–H groups in total. The van der Waals surface area contributed by atoms with Crippen LogP contribution in [0.2, 0.25) is 0 Å². The molecule has 0 fully saturated rings. The molecule has 0 bridgehead atoms. The van der Waals surface area contributed by atoms with Gasteiger partial charge in [-0.2, -0.15) is 0 Å². The summed E-state index contributed by atoms with van der Waals surface area (Å²) in [5.74, 6) is -0.635. The van der Waals surface area contributed by atoms with Crippen LogP contribution in [0.15, 0.2) is 12.5 Å². The van der Waals surface area contributed by atoms with E-state index in [0.29, 0.717) is 6.42 Å². The number of nitrogens with zero attached hydrogens (tertiary/aromatic N) is 1. The maximum Gasteiger partial charge on any atom is 0.242 e. The summed E-state index contributed by atoms with van der Waals surface area (Å²) >= 11 is 0. The fourth-order valence-corrected chi connectivity index (χ4v) is 1.25. The molecule has 1 rings (SSSR count). The van der Waals surface area contributed by atoms with Gasteiger partial charge in [0.25, 0.3) is 0 Å². The predicted molar refractivity (Wildman–Crippen MR) is 57.3 cm³/mol. The Morgan fingerprint density at radius 3 is 2.88 bits per heavy atom. The number of nitrogens with two attached hydrogens (primary N) is 1. The standard InChI is InChI=1S/C9H15N5O2/c1-11-9(16)7(14-8(15)3-10)2-6-4-12-5-13-6/h4-5,7H,2-3,10H2,1H3,(H,11,16)(H,12,13)(H,14,15)/t7-/m0/s1. The Kier molecular flexibility index (Phi) is 4.46. The van der Waals surface area contributed by atoms with E-state index in [1.807, 2.05) is 0 Å². The summed E-state index contributed by atoms with van der Waals surface area (Å²) in [7, 11) is 1.51. The highest BCUT2D eigenvalue weighted by molar-refractivity contribution is 5.88. The molecule has 7 nitrogen and oxygen atoms in total. The van der Waals surface area contributed by atoms with Crippen molar-refractivity contribution in [2.75, 3.05) is 13.6 Å². The highest BCUT2D eigenvalue weighted by Crippen LogP contribution is 1.98. The largest absolute Gasteiger partial charge is 0.357 e. The summed E-state index contributed by atoms with van der Waals surface area (Å²) in [6.07, 6.45) is 3.47. The van der Waals surface area contributed by atoms with Gasteiger partial charge in [-0.15, -0.1) is 0 Å². The van der Waals surface area contributed by atoms with Crippen LogP contribution in [0.4, 0.5) is 0 Å². The van der Waals surface area contributed by atoms with Gasteiger partial charge in [0.15, 0.2) is 0 Å². The molecule has 0 saturated heterocycles. The summed E-state index contributed by atoms with van der Waals surface area (Å²) in [4.78, 5) is 29.3. The van der Waals surface area contributed by atoms with Crippen molar-refractivity contribution < 1.29 is 9.59 Å². The van der Waals surface area contributed by atoms with Gasteiger partial charge < -0.3 is 21.4 Å². The van der Waals surface area contributed by atoms with E-state index in [2.05, 4.69) is 20.6 Å². The highest BCUT2D eigenvalue weighted by atomic mass is 16.2. The number of likely N-dealkylation sites (N-methyl/N-ethyl adjacent to an activating group) is 1. The molecule has 0 aliphatic carbocycles. The molecule has 0 radical (unpaired) electrons. The van der Waals surface area contributed by atoms with Crippen LogP contribution in [0, 0.1) is 0 Å². The number of carbonyl (C=O) groups excluding carboxylic acids is 2. The van der Waals surface area contributed by atoms with Gasteiger partial charge in [-0.05, 0) is 0 Å². The maximum absolute atomic E-state index is 11.5. The van der Waals surface area contributed by atoms with Crippen molar-refractivity contribution in [3.8, 4) is 0 Å². The lowest BCUT2D eigenvalue weighted by Crippen LogP contribution is -2.48. The Morgan fingerprint density at radius 2 is 2.38 bits per heavy atom. The second-order valence-electron chi connectivity index (χ2n) is 3.22. The van der Waals surface area contributed by atoms with E-state index in [9.17, 15) is 9.59 Å². The molecule has 1 aromatic rings. The van der Waals surface area contributed by atoms with E-state index in [-0.39, 0.29) is 18.4 Å². The number of aromatic amines is 1. The van der Waals surface area contributed by atoms with E-state index >= 15 is 0 Å². The van der Waals surface area contributed by atoms with E-state index in [1.165, 1.54) is 13.4 Å². The molecule has 16 heavy (non-hydrogen) atoms. The van der Waals surface area contributed by atoms with Crippen LogP contribution in [0.5, 0.6) is 0 Å².